The summed E-state index contributed by atoms with van der Waals surface area (Å²) in [5, 5.41) is 1.17. The maximum atomic E-state index is 13.4. The van der Waals surface area contributed by atoms with E-state index in [-0.39, 0.29) is 17.7 Å². The van der Waals surface area contributed by atoms with Crippen molar-refractivity contribution in [2.45, 2.75) is 110 Å². The molecular weight excluding hydrogens is 613 g/mol. The average Bonchev–Trinajstić information content (AvgIpc) is 3.04. The molecule has 1 unspecified atom stereocenters. The smallest absolute Gasteiger partial charge is 0.494 e. The number of carbonyl (C=O) groups is 3. The van der Waals surface area contributed by atoms with E-state index in [0.717, 1.165) is 38.5 Å². The highest BCUT2D eigenvalue weighted by molar-refractivity contribution is 5.99. The average molecular weight is 659 g/mol. The van der Waals surface area contributed by atoms with Gasteiger partial charge in [-0.25, -0.2) is 14.4 Å². The van der Waals surface area contributed by atoms with E-state index in [2.05, 4.69) is 16.4 Å². The van der Waals surface area contributed by atoms with Crippen LogP contribution >= 0.6 is 0 Å². The van der Waals surface area contributed by atoms with Gasteiger partial charge >= 0.3 is 24.3 Å². The zero-order valence-corrected chi connectivity index (χ0v) is 27.2. The summed E-state index contributed by atoms with van der Waals surface area (Å²) in [5.74, 6) is -0.753. The van der Waals surface area contributed by atoms with Crippen LogP contribution in [0.3, 0.4) is 0 Å². The largest absolute Gasteiger partial charge is 0.517 e. The summed E-state index contributed by atoms with van der Waals surface area (Å²) in [6, 6.07) is 15.8. The normalized spacial score (nSPS) is 12.0. The molecular formula is C37H45F3O7. The van der Waals surface area contributed by atoms with Crippen LogP contribution in [0.4, 0.5) is 18.0 Å². The highest BCUT2D eigenvalue weighted by Gasteiger charge is 2.43. The van der Waals surface area contributed by atoms with Crippen LogP contribution in [-0.4, -0.2) is 37.0 Å². The molecule has 0 aromatic heterocycles. The molecule has 47 heavy (non-hydrogen) atoms. The van der Waals surface area contributed by atoms with Crippen LogP contribution in [0.5, 0.6) is 11.5 Å². The molecule has 0 aliphatic heterocycles. The minimum atomic E-state index is -4.78. The topological polar surface area (TPSA) is 88.1 Å². The lowest BCUT2D eigenvalue weighted by Crippen LogP contribution is -2.34. The van der Waals surface area contributed by atoms with Crippen molar-refractivity contribution in [2.75, 3.05) is 6.61 Å². The minimum Gasteiger partial charge on any atom is -0.494 e. The van der Waals surface area contributed by atoms with Crippen LogP contribution in [0.25, 0.3) is 10.8 Å². The second-order valence-electron chi connectivity index (χ2n) is 11.6. The van der Waals surface area contributed by atoms with Crippen molar-refractivity contribution >= 4 is 28.9 Å². The van der Waals surface area contributed by atoms with Crippen molar-refractivity contribution in [3.8, 4) is 11.5 Å². The fraction of sp³-hybridized carbons (Fsp3) is 0.486. The molecule has 3 aromatic rings. The van der Waals surface area contributed by atoms with E-state index >= 15 is 0 Å². The Morgan fingerprint density at radius 1 is 0.638 bits per heavy atom. The first kappa shape index (κ1) is 37.4. The number of benzene rings is 3. The molecule has 0 spiro atoms. The summed E-state index contributed by atoms with van der Waals surface area (Å²) < 4.78 is 60.6. The molecule has 0 N–H and O–H groups in total. The molecule has 0 heterocycles. The van der Waals surface area contributed by atoms with E-state index in [9.17, 15) is 27.6 Å². The monoisotopic (exact) mass is 658 g/mol. The molecule has 1 atom stereocenters. The number of esters is 2. The van der Waals surface area contributed by atoms with Gasteiger partial charge in [-0.2, -0.15) is 13.2 Å². The first-order valence-corrected chi connectivity index (χ1v) is 16.6. The van der Waals surface area contributed by atoms with Gasteiger partial charge in [0.05, 0.1) is 17.7 Å². The van der Waals surface area contributed by atoms with Gasteiger partial charge in [0.2, 0.25) is 6.10 Å². The van der Waals surface area contributed by atoms with E-state index in [4.69, 9.17) is 9.47 Å². The Morgan fingerprint density at radius 2 is 1.19 bits per heavy atom. The summed E-state index contributed by atoms with van der Waals surface area (Å²) in [7, 11) is 0. The molecule has 0 saturated carbocycles. The standard InChI is InChI=1S/C37H45F3O7/c1-3-5-7-9-11-13-15-33(37(38,39)40)46-36(43)47-35(42)30-17-16-29-26-32(23-20-28(29)25-30)45-34(41)27-18-21-31(22-19-27)44-24-14-12-10-8-6-4-2/h16-23,25-26,33H,3-15,24H2,1-2H3. The third-order valence-corrected chi connectivity index (χ3v) is 7.71. The molecule has 0 aliphatic carbocycles. The van der Waals surface area contributed by atoms with Crippen LogP contribution in [0.15, 0.2) is 60.7 Å². The van der Waals surface area contributed by atoms with Crippen molar-refractivity contribution in [3.05, 3.63) is 71.8 Å². The van der Waals surface area contributed by atoms with Crippen molar-refractivity contribution in [1.82, 2.24) is 0 Å². The second-order valence-corrected chi connectivity index (χ2v) is 11.6. The highest BCUT2D eigenvalue weighted by atomic mass is 19.4. The Hall–Kier alpha value is -4.08. The van der Waals surface area contributed by atoms with Crippen molar-refractivity contribution in [3.63, 3.8) is 0 Å². The van der Waals surface area contributed by atoms with Gasteiger partial charge < -0.3 is 18.9 Å². The van der Waals surface area contributed by atoms with Gasteiger partial charge in [-0.15, -0.1) is 0 Å². The highest BCUT2D eigenvalue weighted by Crippen LogP contribution is 2.28. The molecule has 0 saturated heterocycles. The van der Waals surface area contributed by atoms with Crippen LogP contribution in [-0.2, 0) is 9.47 Å². The lowest BCUT2D eigenvalue weighted by atomic mass is 10.1. The van der Waals surface area contributed by atoms with E-state index in [0.29, 0.717) is 35.1 Å². The van der Waals surface area contributed by atoms with Crippen molar-refractivity contribution in [1.29, 1.82) is 0 Å². The lowest BCUT2D eigenvalue weighted by Gasteiger charge is -2.20. The molecule has 0 radical (unpaired) electrons. The molecule has 0 bridgehead atoms. The lowest BCUT2D eigenvalue weighted by molar-refractivity contribution is -0.209. The second kappa shape index (κ2) is 19.6. The first-order chi connectivity index (χ1) is 22.6. The molecule has 7 nitrogen and oxygen atoms in total. The quantitative estimate of drug-likeness (QED) is 0.0548. The zero-order chi connectivity index (χ0) is 34.1. The van der Waals surface area contributed by atoms with Crippen LogP contribution in [0.2, 0.25) is 0 Å². The van der Waals surface area contributed by atoms with Gasteiger partial charge in [0.25, 0.3) is 0 Å². The number of carbonyl (C=O) groups excluding carboxylic acids is 3. The van der Waals surface area contributed by atoms with Gasteiger partial charge in [0.1, 0.15) is 11.5 Å². The van der Waals surface area contributed by atoms with Gasteiger partial charge in [-0.3, -0.25) is 0 Å². The Balaban J connectivity index is 1.50. The van der Waals surface area contributed by atoms with E-state index in [1.165, 1.54) is 43.9 Å². The predicted molar refractivity (Wildman–Crippen MR) is 174 cm³/mol. The Labute approximate surface area is 274 Å². The van der Waals surface area contributed by atoms with E-state index in [1.807, 2.05) is 6.92 Å². The SMILES string of the molecule is CCCCCCCCOc1ccc(C(=O)Oc2ccc3cc(C(=O)OC(=O)OC(CCCCCCCC)C(F)(F)F)ccc3c2)cc1. The fourth-order valence-electron chi connectivity index (χ4n) is 5.01. The molecule has 3 rings (SSSR count). The van der Waals surface area contributed by atoms with E-state index < -0.39 is 36.8 Å². The van der Waals surface area contributed by atoms with Crippen molar-refractivity contribution < 1.29 is 46.5 Å². The summed E-state index contributed by atoms with van der Waals surface area (Å²) in [5.41, 5.74) is 0.291. The fourth-order valence-corrected chi connectivity index (χ4v) is 5.01. The zero-order valence-electron chi connectivity index (χ0n) is 27.2. The number of hydrogen-bond acceptors (Lipinski definition) is 7. The molecule has 3 aromatic carbocycles. The number of alkyl halides is 3. The van der Waals surface area contributed by atoms with Gasteiger partial charge in [-0.05, 0) is 78.6 Å². The predicted octanol–water partition coefficient (Wildman–Crippen LogP) is 10.8. The third kappa shape index (κ3) is 13.3. The molecule has 256 valence electrons. The number of unbranched alkanes of at least 4 members (excludes halogenated alkanes) is 10. The first-order valence-electron chi connectivity index (χ1n) is 16.6. The Bertz CT molecular complexity index is 1420. The molecule has 0 amide bonds. The van der Waals surface area contributed by atoms with Gasteiger partial charge in [0.15, 0.2) is 0 Å². The van der Waals surface area contributed by atoms with Gasteiger partial charge in [0, 0.05) is 0 Å². The molecule has 0 fully saturated rings. The molecule has 10 heteroatoms. The number of rotatable bonds is 19. The Morgan fingerprint density at radius 3 is 1.85 bits per heavy atom. The Kier molecular flexibility index (Phi) is 15.5. The third-order valence-electron chi connectivity index (χ3n) is 7.71. The van der Waals surface area contributed by atoms with Gasteiger partial charge in [-0.1, -0.05) is 90.2 Å². The maximum Gasteiger partial charge on any atom is 0.517 e. The summed E-state index contributed by atoms with van der Waals surface area (Å²) in [4.78, 5) is 37.3. The minimum absolute atomic E-state index is 0.0579. The maximum absolute atomic E-state index is 13.4. The van der Waals surface area contributed by atoms with Crippen LogP contribution in [0, 0.1) is 0 Å². The summed E-state index contributed by atoms with van der Waals surface area (Å²) in [6.45, 7) is 4.85. The van der Waals surface area contributed by atoms with Crippen LogP contribution < -0.4 is 9.47 Å². The number of ether oxygens (including phenoxy) is 4. The number of hydrogen-bond donors (Lipinski definition) is 0. The van der Waals surface area contributed by atoms with Crippen LogP contribution in [0.1, 0.15) is 118 Å². The number of halogens is 3. The van der Waals surface area contributed by atoms with Crippen molar-refractivity contribution in [2.24, 2.45) is 0 Å². The number of fused-ring (bicyclic) bond motifs is 1. The summed E-state index contributed by atoms with van der Waals surface area (Å²) in [6.07, 6.45) is 2.38. The van der Waals surface area contributed by atoms with E-state index in [1.54, 1.807) is 42.5 Å². The summed E-state index contributed by atoms with van der Waals surface area (Å²) >= 11 is 0. The molecule has 0 aliphatic rings.